The lowest BCUT2D eigenvalue weighted by atomic mass is 10.4. The van der Waals surface area contributed by atoms with Gasteiger partial charge in [-0.3, -0.25) is 0 Å². The summed E-state index contributed by atoms with van der Waals surface area (Å²) >= 11 is 0. The molecule has 1 aromatic carbocycles. The normalized spacial score (nSPS) is 14.6. The number of hydrogen-bond donors (Lipinski definition) is 0. The van der Waals surface area contributed by atoms with Crippen LogP contribution in [0.5, 0.6) is 0 Å². The van der Waals surface area contributed by atoms with E-state index >= 15 is 0 Å². The minimum Gasteiger partial charge on any atom is -0.0991 e. The van der Waals surface area contributed by atoms with Crippen molar-refractivity contribution in [1.29, 1.82) is 0 Å². The molecule has 1 rings (SSSR count). The highest BCUT2D eigenvalue weighted by Crippen LogP contribution is 2.58. The van der Waals surface area contributed by atoms with Gasteiger partial charge in [0.25, 0.3) is 0 Å². The van der Waals surface area contributed by atoms with Crippen LogP contribution in [0, 0.1) is 0 Å². The van der Waals surface area contributed by atoms with Crippen molar-refractivity contribution in [2.75, 3.05) is 0 Å². The number of rotatable bonds is 6. The molecule has 24 heavy (non-hydrogen) atoms. The molecule has 0 aliphatic rings. The van der Waals surface area contributed by atoms with E-state index in [0.717, 1.165) is 0 Å². The van der Waals surface area contributed by atoms with Crippen LogP contribution in [0.3, 0.4) is 0 Å². The Labute approximate surface area is 158 Å². The maximum Gasteiger partial charge on any atom is 0.0730 e. The van der Waals surface area contributed by atoms with Gasteiger partial charge in [-0.2, -0.15) is 0 Å². The predicted molar refractivity (Wildman–Crippen MR) is 133 cm³/mol. The quantitative estimate of drug-likeness (QED) is 0.329. The van der Waals surface area contributed by atoms with Crippen LogP contribution in [0.1, 0.15) is 0 Å². The molecule has 0 bridgehead atoms. The van der Waals surface area contributed by atoms with Gasteiger partial charge < -0.3 is 0 Å². The summed E-state index contributed by atoms with van der Waals surface area (Å²) in [6.07, 6.45) is 0. The largest absolute Gasteiger partial charge is 0.0991 e. The summed E-state index contributed by atoms with van der Waals surface area (Å²) in [6, 6.07) is 9.76. The first-order chi connectivity index (χ1) is 10.5. The molecular formula is C18H40P2Si4. The molecule has 0 fully saturated rings. The molecule has 0 amide bonds. The van der Waals surface area contributed by atoms with E-state index in [1.54, 1.807) is 0 Å². The summed E-state index contributed by atoms with van der Waals surface area (Å²) in [4.78, 5) is 0. The molecule has 0 N–H and O–H groups in total. The van der Waals surface area contributed by atoms with Crippen LogP contribution in [0.15, 0.2) is 24.3 Å². The minimum absolute atomic E-state index is 0.0530. The molecule has 0 spiro atoms. The summed E-state index contributed by atoms with van der Waals surface area (Å²) in [6.45, 7) is 31.5. The topological polar surface area (TPSA) is 0 Å². The van der Waals surface area contributed by atoms with Crippen LogP contribution in [0.2, 0.25) is 78.6 Å². The molecule has 0 nitrogen and oxygen atoms in total. The van der Waals surface area contributed by atoms with E-state index in [9.17, 15) is 0 Å². The summed E-state index contributed by atoms with van der Waals surface area (Å²) in [5.74, 6) is 0. The highest BCUT2D eigenvalue weighted by atomic mass is 31.6. The second-order valence-corrected chi connectivity index (χ2v) is 54.7. The third-order valence-electron chi connectivity index (χ3n) is 4.05. The average Bonchev–Trinajstić information content (AvgIpc) is 2.23. The Bertz CT molecular complexity index is 481. The molecule has 1 aromatic rings. The predicted octanol–water partition coefficient (Wildman–Crippen LogP) is 7.24. The maximum absolute atomic E-state index is 2.62. The first-order valence-corrected chi connectivity index (χ1v) is 29.2. The van der Waals surface area contributed by atoms with Gasteiger partial charge in [-0.15, -0.1) is 0 Å². The van der Waals surface area contributed by atoms with Crippen molar-refractivity contribution >= 4 is 55.6 Å². The zero-order valence-electron chi connectivity index (χ0n) is 18.2. The highest BCUT2D eigenvalue weighted by Gasteiger charge is 2.44. The van der Waals surface area contributed by atoms with Crippen LogP contribution in [-0.4, -0.2) is 31.0 Å². The molecular weight excluding hydrogens is 390 g/mol. The zero-order chi connectivity index (χ0) is 19.1. The van der Waals surface area contributed by atoms with Crippen LogP contribution in [0.4, 0.5) is 0 Å². The van der Waals surface area contributed by atoms with E-state index in [2.05, 4.69) is 103 Å². The summed E-state index contributed by atoms with van der Waals surface area (Å²) in [5.41, 5.74) is 0. The van der Waals surface area contributed by atoms with Crippen LogP contribution >= 0.6 is 14.0 Å². The Hall–Kier alpha value is 0.948. The molecule has 0 radical (unpaired) electrons. The zero-order valence-corrected chi connectivity index (χ0v) is 24.0. The molecule has 0 atom stereocenters. The Kier molecular flexibility index (Phi) is 7.20. The lowest BCUT2D eigenvalue weighted by Crippen LogP contribution is -2.46. The summed E-state index contributed by atoms with van der Waals surface area (Å²) in [7, 11) is -4.66. The fourth-order valence-electron chi connectivity index (χ4n) is 4.30. The molecule has 0 aromatic heterocycles. The standard InChI is InChI=1S/C18H40P2Si4/c1-21(2,3)19(22(4,5)6)17-15-13-14-16-18(17)20(23(7,8)9)24(10,11)12/h13-16H,1-12H3. The molecule has 0 saturated carbocycles. The van der Waals surface area contributed by atoms with Gasteiger partial charge in [-0.05, 0) is 10.6 Å². The molecule has 0 unspecified atom stereocenters. The molecule has 138 valence electrons. The van der Waals surface area contributed by atoms with E-state index < -0.39 is 31.0 Å². The Balaban J connectivity index is 3.71. The molecule has 0 aliphatic heterocycles. The van der Waals surface area contributed by atoms with E-state index in [1.165, 1.54) is 0 Å². The molecule has 0 heterocycles. The lowest BCUT2D eigenvalue weighted by Gasteiger charge is -2.45. The fourth-order valence-corrected chi connectivity index (χ4v) is 73.3. The van der Waals surface area contributed by atoms with E-state index in [4.69, 9.17) is 0 Å². The van der Waals surface area contributed by atoms with E-state index in [-0.39, 0.29) is 14.0 Å². The Morgan fingerprint density at radius 1 is 0.458 bits per heavy atom. The minimum atomic E-state index is -1.19. The van der Waals surface area contributed by atoms with E-state index in [1.807, 2.05) is 10.6 Å². The second kappa shape index (κ2) is 7.52. The van der Waals surface area contributed by atoms with Crippen molar-refractivity contribution in [2.45, 2.75) is 78.6 Å². The van der Waals surface area contributed by atoms with Gasteiger partial charge in [0.05, 0.1) is 31.0 Å². The molecule has 0 aliphatic carbocycles. The van der Waals surface area contributed by atoms with Crippen molar-refractivity contribution in [3.05, 3.63) is 24.3 Å². The number of benzene rings is 1. The molecule has 6 heteroatoms. The van der Waals surface area contributed by atoms with Gasteiger partial charge in [-0.1, -0.05) is 117 Å². The van der Waals surface area contributed by atoms with Gasteiger partial charge in [0.15, 0.2) is 0 Å². The van der Waals surface area contributed by atoms with Crippen molar-refractivity contribution in [1.82, 2.24) is 0 Å². The monoisotopic (exact) mass is 430 g/mol. The summed E-state index contributed by atoms with van der Waals surface area (Å²) < 4.78 is 0. The van der Waals surface area contributed by atoms with Crippen LogP contribution in [-0.2, 0) is 0 Å². The lowest BCUT2D eigenvalue weighted by molar-refractivity contribution is 1.78. The van der Waals surface area contributed by atoms with Crippen LogP contribution in [0.25, 0.3) is 0 Å². The SMILES string of the molecule is C[Si](C)(C)P(c1ccccc1P([Si](C)(C)C)[Si](C)(C)C)[Si](C)(C)C. The summed E-state index contributed by atoms with van der Waals surface area (Å²) in [5, 5.41) is 3.67. The average molecular weight is 431 g/mol. The smallest absolute Gasteiger partial charge is 0.0730 e. The van der Waals surface area contributed by atoms with Gasteiger partial charge in [0.2, 0.25) is 0 Å². The fraction of sp³-hybridized carbons (Fsp3) is 0.667. The molecule has 0 saturated heterocycles. The van der Waals surface area contributed by atoms with Gasteiger partial charge in [0, 0.05) is 0 Å². The van der Waals surface area contributed by atoms with Gasteiger partial charge in [-0.25, -0.2) is 0 Å². The third kappa shape index (κ3) is 5.72. The third-order valence-corrected chi connectivity index (χ3v) is 54.5. The second-order valence-electron chi connectivity index (χ2n) is 10.8. The van der Waals surface area contributed by atoms with Crippen molar-refractivity contribution in [3.8, 4) is 0 Å². The van der Waals surface area contributed by atoms with E-state index in [0.29, 0.717) is 0 Å². The van der Waals surface area contributed by atoms with Crippen LogP contribution < -0.4 is 10.6 Å². The first-order valence-electron chi connectivity index (χ1n) is 9.17. The van der Waals surface area contributed by atoms with Crippen molar-refractivity contribution < 1.29 is 0 Å². The first kappa shape index (κ1) is 23.0. The van der Waals surface area contributed by atoms with Gasteiger partial charge in [0.1, 0.15) is 0 Å². The number of hydrogen-bond acceptors (Lipinski definition) is 0. The van der Waals surface area contributed by atoms with Crippen molar-refractivity contribution in [3.63, 3.8) is 0 Å². The Morgan fingerprint density at radius 3 is 0.833 bits per heavy atom. The Morgan fingerprint density at radius 2 is 0.667 bits per heavy atom. The van der Waals surface area contributed by atoms with Crippen molar-refractivity contribution in [2.24, 2.45) is 0 Å². The maximum atomic E-state index is 2.62. The van der Waals surface area contributed by atoms with Gasteiger partial charge >= 0.3 is 0 Å². The highest BCUT2D eigenvalue weighted by molar-refractivity contribution is 8.26.